The van der Waals surface area contributed by atoms with Crippen LogP contribution in [-0.4, -0.2) is 12.5 Å². The minimum Gasteiger partial charge on any atom is -0.376 e. The van der Waals surface area contributed by atoms with E-state index < -0.39 is 0 Å². The Morgan fingerprint density at radius 3 is 2.33 bits per heavy atom. The fourth-order valence-electron chi connectivity index (χ4n) is 2.08. The molecule has 2 aromatic rings. The van der Waals surface area contributed by atoms with Gasteiger partial charge in [-0.15, -0.1) is 0 Å². The van der Waals surface area contributed by atoms with Gasteiger partial charge in [0.1, 0.15) is 5.82 Å². The topological polar surface area (TPSA) is 41.1 Å². The van der Waals surface area contributed by atoms with Gasteiger partial charge in [0.05, 0.1) is 6.54 Å². The average Bonchev–Trinajstić information content (AvgIpc) is 2.44. The molecule has 0 spiro atoms. The first-order valence-corrected chi connectivity index (χ1v) is 6.83. The van der Waals surface area contributed by atoms with E-state index in [1.807, 2.05) is 32.0 Å². The average molecular weight is 286 g/mol. The van der Waals surface area contributed by atoms with Crippen molar-refractivity contribution in [3.05, 3.63) is 58.9 Å². The van der Waals surface area contributed by atoms with E-state index in [1.165, 1.54) is 6.07 Å². The molecule has 21 heavy (non-hydrogen) atoms. The van der Waals surface area contributed by atoms with Gasteiger partial charge in [-0.2, -0.15) is 0 Å². The lowest BCUT2D eigenvalue weighted by Gasteiger charge is -2.12. The van der Waals surface area contributed by atoms with Crippen molar-refractivity contribution in [2.45, 2.75) is 20.8 Å². The van der Waals surface area contributed by atoms with Gasteiger partial charge < -0.3 is 10.6 Å². The molecule has 0 atom stereocenters. The second-order valence-electron chi connectivity index (χ2n) is 5.13. The smallest absolute Gasteiger partial charge is 0.243 e. The lowest BCUT2D eigenvalue weighted by molar-refractivity contribution is -0.114. The maximum absolute atomic E-state index is 13.4. The van der Waals surface area contributed by atoms with Crippen molar-refractivity contribution in [3.63, 3.8) is 0 Å². The van der Waals surface area contributed by atoms with Crippen LogP contribution in [-0.2, 0) is 4.79 Å². The molecule has 0 heterocycles. The van der Waals surface area contributed by atoms with Crippen molar-refractivity contribution in [3.8, 4) is 0 Å². The van der Waals surface area contributed by atoms with Crippen LogP contribution >= 0.6 is 0 Å². The summed E-state index contributed by atoms with van der Waals surface area (Å²) in [6.07, 6.45) is 0. The molecule has 0 radical (unpaired) electrons. The molecule has 2 N–H and O–H groups in total. The number of hydrogen-bond acceptors (Lipinski definition) is 2. The molecule has 0 saturated heterocycles. The summed E-state index contributed by atoms with van der Waals surface area (Å²) in [7, 11) is 0. The highest BCUT2D eigenvalue weighted by molar-refractivity contribution is 5.95. The van der Waals surface area contributed by atoms with Crippen molar-refractivity contribution in [2.75, 3.05) is 17.2 Å². The molecule has 0 unspecified atom stereocenters. The fraction of sp³-hybridized carbons (Fsp3) is 0.235. The zero-order valence-electron chi connectivity index (χ0n) is 12.5. The number of benzene rings is 2. The van der Waals surface area contributed by atoms with Crippen molar-refractivity contribution in [2.24, 2.45) is 0 Å². The predicted molar refractivity (Wildman–Crippen MR) is 84.2 cm³/mol. The number of carbonyl (C=O) groups excluding carboxylic acids is 1. The molecule has 4 heteroatoms. The van der Waals surface area contributed by atoms with Gasteiger partial charge in [0.15, 0.2) is 0 Å². The van der Waals surface area contributed by atoms with Gasteiger partial charge in [0, 0.05) is 11.4 Å². The quantitative estimate of drug-likeness (QED) is 0.897. The summed E-state index contributed by atoms with van der Waals surface area (Å²) in [4.78, 5) is 12.0. The van der Waals surface area contributed by atoms with Crippen LogP contribution in [0.25, 0.3) is 0 Å². The summed E-state index contributed by atoms with van der Waals surface area (Å²) >= 11 is 0. The molecule has 0 fully saturated rings. The summed E-state index contributed by atoms with van der Waals surface area (Å²) < 4.78 is 13.4. The first kappa shape index (κ1) is 15.0. The third-order valence-electron chi connectivity index (χ3n) is 3.37. The minimum absolute atomic E-state index is 0.0935. The molecule has 0 aromatic heterocycles. The monoisotopic (exact) mass is 286 g/mol. The summed E-state index contributed by atoms with van der Waals surface area (Å²) in [5.74, 6) is -0.441. The van der Waals surface area contributed by atoms with E-state index >= 15 is 0 Å². The zero-order chi connectivity index (χ0) is 15.4. The SMILES string of the molecule is Cc1ccc(NCC(=O)Nc2c(C)cccc2C)cc1F. The first-order chi connectivity index (χ1) is 9.97. The Bertz CT molecular complexity index is 648. The number of halogens is 1. The molecule has 0 aliphatic rings. The molecular formula is C17H19FN2O. The van der Waals surface area contributed by atoms with Crippen molar-refractivity contribution >= 4 is 17.3 Å². The number of aryl methyl sites for hydroxylation is 3. The highest BCUT2D eigenvalue weighted by Crippen LogP contribution is 2.19. The van der Waals surface area contributed by atoms with Gasteiger partial charge >= 0.3 is 0 Å². The number of anilines is 2. The van der Waals surface area contributed by atoms with Crippen molar-refractivity contribution in [1.82, 2.24) is 0 Å². The molecular weight excluding hydrogens is 267 g/mol. The molecule has 0 saturated carbocycles. The normalized spacial score (nSPS) is 10.3. The Balaban J connectivity index is 1.97. The van der Waals surface area contributed by atoms with Crippen LogP contribution in [0.5, 0.6) is 0 Å². The van der Waals surface area contributed by atoms with Crippen LogP contribution in [0, 0.1) is 26.6 Å². The van der Waals surface area contributed by atoms with Gasteiger partial charge in [-0.3, -0.25) is 4.79 Å². The standard InChI is InChI=1S/C17H19FN2O/c1-11-7-8-14(9-15(11)18)19-10-16(21)20-17-12(2)5-4-6-13(17)3/h4-9,19H,10H2,1-3H3,(H,20,21). The number of rotatable bonds is 4. The first-order valence-electron chi connectivity index (χ1n) is 6.83. The van der Waals surface area contributed by atoms with E-state index in [2.05, 4.69) is 10.6 Å². The third-order valence-corrected chi connectivity index (χ3v) is 3.37. The van der Waals surface area contributed by atoms with E-state index in [0.717, 1.165) is 16.8 Å². The molecule has 0 aliphatic carbocycles. The Kier molecular flexibility index (Phi) is 4.58. The lowest BCUT2D eigenvalue weighted by atomic mass is 10.1. The van der Waals surface area contributed by atoms with E-state index in [9.17, 15) is 9.18 Å². The molecule has 2 aromatic carbocycles. The fourth-order valence-corrected chi connectivity index (χ4v) is 2.08. The van der Waals surface area contributed by atoms with Gasteiger partial charge in [0.25, 0.3) is 0 Å². The van der Waals surface area contributed by atoms with Gasteiger partial charge in [-0.25, -0.2) is 4.39 Å². The number of amides is 1. The maximum atomic E-state index is 13.4. The van der Waals surface area contributed by atoms with Crippen LogP contribution in [0.3, 0.4) is 0 Å². The van der Waals surface area contributed by atoms with Crippen molar-refractivity contribution in [1.29, 1.82) is 0 Å². The Hall–Kier alpha value is -2.36. The maximum Gasteiger partial charge on any atom is 0.243 e. The van der Waals surface area contributed by atoms with Gasteiger partial charge in [-0.1, -0.05) is 24.3 Å². The number of carbonyl (C=O) groups is 1. The van der Waals surface area contributed by atoms with E-state index in [1.54, 1.807) is 19.1 Å². The lowest BCUT2D eigenvalue weighted by Crippen LogP contribution is -2.22. The van der Waals surface area contributed by atoms with Gasteiger partial charge in [0.2, 0.25) is 5.91 Å². The summed E-state index contributed by atoms with van der Waals surface area (Å²) in [5, 5.41) is 5.80. The Morgan fingerprint density at radius 2 is 1.71 bits per heavy atom. The van der Waals surface area contributed by atoms with E-state index in [4.69, 9.17) is 0 Å². The van der Waals surface area contributed by atoms with E-state index in [0.29, 0.717) is 11.3 Å². The number of nitrogens with one attached hydrogen (secondary N) is 2. The molecule has 3 nitrogen and oxygen atoms in total. The second kappa shape index (κ2) is 6.39. The predicted octanol–water partition coefficient (Wildman–Crippen LogP) is 3.80. The largest absolute Gasteiger partial charge is 0.376 e. The van der Waals surface area contributed by atoms with E-state index in [-0.39, 0.29) is 18.3 Å². The molecule has 1 amide bonds. The molecule has 110 valence electrons. The molecule has 0 bridgehead atoms. The van der Waals surface area contributed by atoms with Crippen LogP contribution in [0.4, 0.5) is 15.8 Å². The molecule has 0 aliphatic heterocycles. The van der Waals surface area contributed by atoms with Gasteiger partial charge in [-0.05, 0) is 49.6 Å². The number of hydrogen-bond donors (Lipinski definition) is 2. The van der Waals surface area contributed by atoms with Crippen molar-refractivity contribution < 1.29 is 9.18 Å². The number of para-hydroxylation sites is 1. The van der Waals surface area contributed by atoms with Crippen LogP contribution in [0.15, 0.2) is 36.4 Å². The summed E-state index contributed by atoms with van der Waals surface area (Å²) in [5.41, 5.74) is 4.05. The third kappa shape index (κ3) is 3.81. The molecule has 2 rings (SSSR count). The van der Waals surface area contributed by atoms with Crippen LogP contribution < -0.4 is 10.6 Å². The zero-order valence-corrected chi connectivity index (χ0v) is 12.5. The highest BCUT2D eigenvalue weighted by Gasteiger charge is 2.07. The summed E-state index contributed by atoms with van der Waals surface area (Å²) in [6, 6.07) is 10.7. The Morgan fingerprint density at radius 1 is 1.05 bits per heavy atom. The summed E-state index contributed by atoms with van der Waals surface area (Å²) in [6.45, 7) is 5.69. The highest BCUT2D eigenvalue weighted by atomic mass is 19.1. The minimum atomic E-state index is -0.282. The van der Waals surface area contributed by atoms with Crippen LogP contribution in [0.2, 0.25) is 0 Å². The second-order valence-corrected chi connectivity index (χ2v) is 5.13. The van der Waals surface area contributed by atoms with Crippen LogP contribution in [0.1, 0.15) is 16.7 Å². The Labute approximate surface area is 124 Å².